The molecule has 0 saturated carbocycles. The lowest BCUT2D eigenvalue weighted by molar-refractivity contribution is 0.156. The minimum atomic E-state index is -2.34. The summed E-state index contributed by atoms with van der Waals surface area (Å²) >= 11 is 0. The SMILES string of the molecule is CCCNCc1ccc(N(C)CC(F)F)nc1C. The zero-order valence-electron chi connectivity index (χ0n) is 11.2. The van der Waals surface area contributed by atoms with E-state index in [0.717, 1.165) is 30.8 Å². The number of aromatic nitrogens is 1. The first-order valence-corrected chi connectivity index (χ1v) is 6.21. The molecule has 1 N–H and O–H groups in total. The van der Waals surface area contributed by atoms with Gasteiger partial charge in [-0.25, -0.2) is 13.8 Å². The van der Waals surface area contributed by atoms with Crippen molar-refractivity contribution < 1.29 is 8.78 Å². The molecule has 0 aliphatic carbocycles. The van der Waals surface area contributed by atoms with Crippen LogP contribution >= 0.6 is 0 Å². The van der Waals surface area contributed by atoms with Crippen molar-refractivity contribution in [3.63, 3.8) is 0 Å². The standard InChI is InChI=1S/C13H21F2N3/c1-4-7-16-8-11-5-6-13(17-10(11)2)18(3)9-12(14)15/h5-6,12,16H,4,7-9H2,1-3H3. The van der Waals surface area contributed by atoms with Crippen LogP contribution in [0.1, 0.15) is 24.6 Å². The number of alkyl halides is 2. The van der Waals surface area contributed by atoms with E-state index < -0.39 is 6.43 Å². The molecular formula is C13H21F2N3. The average Bonchev–Trinajstić information content (AvgIpc) is 2.30. The Labute approximate surface area is 107 Å². The van der Waals surface area contributed by atoms with E-state index in [9.17, 15) is 8.78 Å². The number of nitrogens with one attached hydrogen (secondary N) is 1. The summed E-state index contributed by atoms with van der Waals surface area (Å²) in [6.45, 7) is 5.46. The lowest BCUT2D eigenvalue weighted by Gasteiger charge is -2.18. The minimum absolute atomic E-state index is 0.292. The number of pyridine rings is 1. The van der Waals surface area contributed by atoms with Crippen LogP contribution < -0.4 is 10.2 Å². The second-order valence-corrected chi connectivity index (χ2v) is 4.36. The Kier molecular flexibility index (Phi) is 5.98. The predicted molar refractivity (Wildman–Crippen MR) is 70.2 cm³/mol. The van der Waals surface area contributed by atoms with Gasteiger partial charge in [-0.3, -0.25) is 0 Å². The van der Waals surface area contributed by atoms with Gasteiger partial charge in [-0.1, -0.05) is 13.0 Å². The number of hydrogen-bond acceptors (Lipinski definition) is 3. The van der Waals surface area contributed by atoms with Crippen molar-refractivity contribution in [2.24, 2.45) is 0 Å². The van der Waals surface area contributed by atoms with Crippen LogP contribution in [0.4, 0.5) is 14.6 Å². The molecule has 1 aromatic rings. The first-order chi connectivity index (χ1) is 8.54. The fourth-order valence-corrected chi connectivity index (χ4v) is 1.68. The van der Waals surface area contributed by atoms with E-state index in [4.69, 9.17) is 0 Å². The molecule has 0 atom stereocenters. The largest absolute Gasteiger partial charge is 0.354 e. The molecule has 1 heterocycles. The molecule has 5 heteroatoms. The van der Waals surface area contributed by atoms with Crippen LogP contribution in [0.2, 0.25) is 0 Å². The van der Waals surface area contributed by atoms with Gasteiger partial charge in [-0.15, -0.1) is 0 Å². The Morgan fingerprint density at radius 1 is 1.39 bits per heavy atom. The number of aryl methyl sites for hydroxylation is 1. The number of anilines is 1. The lowest BCUT2D eigenvalue weighted by Crippen LogP contribution is -2.25. The third-order valence-electron chi connectivity index (χ3n) is 2.73. The Bertz CT molecular complexity index is 369. The summed E-state index contributed by atoms with van der Waals surface area (Å²) in [6.07, 6.45) is -1.26. The van der Waals surface area contributed by atoms with E-state index in [1.165, 1.54) is 4.90 Å². The normalized spacial score (nSPS) is 11.0. The highest BCUT2D eigenvalue weighted by atomic mass is 19.3. The van der Waals surface area contributed by atoms with Crippen LogP contribution in [0.25, 0.3) is 0 Å². The molecule has 0 saturated heterocycles. The van der Waals surface area contributed by atoms with Crippen LogP contribution in [0, 0.1) is 6.92 Å². The Morgan fingerprint density at radius 2 is 2.11 bits per heavy atom. The van der Waals surface area contributed by atoms with Gasteiger partial charge in [0.1, 0.15) is 5.82 Å². The van der Waals surface area contributed by atoms with E-state index in [0.29, 0.717) is 5.82 Å². The number of rotatable bonds is 7. The summed E-state index contributed by atoms with van der Waals surface area (Å²) in [6, 6.07) is 3.74. The summed E-state index contributed by atoms with van der Waals surface area (Å²) in [4.78, 5) is 5.83. The van der Waals surface area contributed by atoms with Gasteiger partial charge in [0.25, 0.3) is 6.43 Å². The van der Waals surface area contributed by atoms with E-state index in [-0.39, 0.29) is 6.54 Å². The Hall–Kier alpha value is -1.23. The first kappa shape index (κ1) is 14.8. The van der Waals surface area contributed by atoms with Crippen molar-refractivity contribution in [1.82, 2.24) is 10.3 Å². The highest BCUT2D eigenvalue weighted by molar-refractivity contribution is 5.40. The predicted octanol–water partition coefficient (Wildman–Crippen LogP) is 2.59. The smallest absolute Gasteiger partial charge is 0.255 e. The van der Waals surface area contributed by atoms with E-state index >= 15 is 0 Å². The third kappa shape index (κ3) is 4.56. The highest BCUT2D eigenvalue weighted by Crippen LogP contribution is 2.14. The van der Waals surface area contributed by atoms with Gasteiger partial charge in [0.05, 0.1) is 6.54 Å². The zero-order valence-corrected chi connectivity index (χ0v) is 11.2. The monoisotopic (exact) mass is 257 g/mol. The van der Waals surface area contributed by atoms with Gasteiger partial charge in [-0.05, 0) is 31.5 Å². The summed E-state index contributed by atoms with van der Waals surface area (Å²) in [5.74, 6) is 0.590. The molecule has 1 aromatic heterocycles. The van der Waals surface area contributed by atoms with Gasteiger partial charge in [0.15, 0.2) is 0 Å². The van der Waals surface area contributed by atoms with Gasteiger partial charge in [0.2, 0.25) is 0 Å². The van der Waals surface area contributed by atoms with Crippen LogP contribution in [-0.2, 0) is 6.54 Å². The molecule has 0 amide bonds. The van der Waals surface area contributed by atoms with Gasteiger partial charge >= 0.3 is 0 Å². The second kappa shape index (κ2) is 7.26. The maximum Gasteiger partial charge on any atom is 0.255 e. The summed E-state index contributed by atoms with van der Waals surface area (Å²) in [7, 11) is 1.63. The second-order valence-electron chi connectivity index (χ2n) is 4.36. The van der Waals surface area contributed by atoms with Crippen LogP contribution in [0.3, 0.4) is 0 Å². The molecule has 0 bridgehead atoms. The summed E-state index contributed by atoms with van der Waals surface area (Å²) < 4.78 is 24.6. The third-order valence-corrected chi connectivity index (χ3v) is 2.73. The molecule has 3 nitrogen and oxygen atoms in total. The molecule has 1 rings (SSSR count). The minimum Gasteiger partial charge on any atom is -0.354 e. The van der Waals surface area contributed by atoms with Crippen LogP contribution in [0.5, 0.6) is 0 Å². The topological polar surface area (TPSA) is 28.2 Å². The summed E-state index contributed by atoms with van der Waals surface area (Å²) in [5, 5.41) is 3.30. The highest BCUT2D eigenvalue weighted by Gasteiger charge is 2.10. The Morgan fingerprint density at radius 3 is 2.67 bits per heavy atom. The van der Waals surface area contributed by atoms with Crippen molar-refractivity contribution in [3.8, 4) is 0 Å². The van der Waals surface area contributed by atoms with Crippen LogP contribution in [0.15, 0.2) is 12.1 Å². The molecule has 0 radical (unpaired) electrons. The van der Waals surface area contributed by atoms with E-state index in [2.05, 4.69) is 17.2 Å². The van der Waals surface area contributed by atoms with Gasteiger partial charge < -0.3 is 10.2 Å². The van der Waals surface area contributed by atoms with Crippen molar-refractivity contribution in [2.45, 2.75) is 33.2 Å². The molecule has 18 heavy (non-hydrogen) atoms. The fourth-order valence-electron chi connectivity index (χ4n) is 1.68. The van der Waals surface area contributed by atoms with Crippen molar-refractivity contribution >= 4 is 5.82 Å². The van der Waals surface area contributed by atoms with Gasteiger partial charge in [0, 0.05) is 19.3 Å². The average molecular weight is 257 g/mol. The molecule has 0 aliphatic rings. The number of halogens is 2. The lowest BCUT2D eigenvalue weighted by atomic mass is 10.2. The Balaban J connectivity index is 2.66. The van der Waals surface area contributed by atoms with Crippen molar-refractivity contribution in [2.75, 3.05) is 25.0 Å². The van der Waals surface area contributed by atoms with Crippen molar-refractivity contribution in [3.05, 3.63) is 23.4 Å². The molecule has 0 aromatic carbocycles. The molecule has 102 valence electrons. The zero-order chi connectivity index (χ0) is 13.5. The number of nitrogens with zero attached hydrogens (tertiary/aromatic N) is 2. The molecular weight excluding hydrogens is 236 g/mol. The molecule has 0 fully saturated rings. The van der Waals surface area contributed by atoms with Crippen molar-refractivity contribution in [1.29, 1.82) is 0 Å². The molecule has 0 unspecified atom stereocenters. The van der Waals surface area contributed by atoms with Gasteiger partial charge in [-0.2, -0.15) is 0 Å². The number of hydrogen-bond donors (Lipinski definition) is 1. The molecule has 0 aliphatic heterocycles. The maximum absolute atomic E-state index is 12.3. The van der Waals surface area contributed by atoms with E-state index in [1.807, 2.05) is 13.0 Å². The van der Waals surface area contributed by atoms with E-state index in [1.54, 1.807) is 13.1 Å². The quantitative estimate of drug-likeness (QED) is 0.761. The first-order valence-electron chi connectivity index (χ1n) is 6.21. The molecule has 0 spiro atoms. The maximum atomic E-state index is 12.3. The summed E-state index contributed by atoms with van der Waals surface area (Å²) in [5.41, 5.74) is 2.00. The fraction of sp³-hybridized carbons (Fsp3) is 0.615. The van der Waals surface area contributed by atoms with Crippen LogP contribution in [-0.4, -0.2) is 31.5 Å².